The van der Waals surface area contributed by atoms with Crippen molar-refractivity contribution in [2.24, 2.45) is 5.92 Å². The Morgan fingerprint density at radius 3 is 2.29 bits per heavy atom. The van der Waals surface area contributed by atoms with Crippen LogP contribution in [-0.4, -0.2) is 44.0 Å². The van der Waals surface area contributed by atoms with Crippen LogP contribution in [0.5, 0.6) is 0 Å². The SMILES string of the molecule is CS(=O)(=O)N1CC(C(=O)NC2CCCCC2)C1. The summed E-state index contributed by atoms with van der Waals surface area (Å²) in [7, 11) is -3.11. The molecule has 0 unspecified atom stereocenters. The lowest BCUT2D eigenvalue weighted by atomic mass is 9.94. The second-order valence-corrected chi connectivity index (χ2v) is 7.10. The van der Waals surface area contributed by atoms with E-state index >= 15 is 0 Å². The lowest BCUT2D eigenvalue weighted by Crippen LogP contribution is -2.56. The number of amides is 1. The fraction of sp³-hybridized carbons (Fsp3) is 0.909. The van der Waals surface area contributed by atoms with Crippen LogP contribution in [0, 0.1) is 5.92 Å². The highest BCUT2D eigenvalue weighted by atomic mass is 32.2. The van der Waals surface area contributed by atoms with Gasteiger partial charge in [0.15, 0.2) is 0 Å². The zero-order valence-electron chi connectivity index (χ0n) is 10.2. The number of nitrogens with one attached hydrogen (secondary N) is 1. The zero-order valence-corrected chi connectivity index (χ0v) is 11.0. The molecule has 0 radical (unpaired) electrons. The first-order chi connectivity index (χ1) is 7.97. The Labute approximate surface area is 103 Å². The summed E-state index contributed by atoms with van der Waals surface area (Å²) in [6.07, 6.45) is 6.94. The summed E-state index contributed by atoms with van der Waals surface area (Å²) in [6.45, 7) is 0.689. The van der Waals surface area contributed by atoms with Gasteiger partial charge in [-0.1, -0.05) is 19.3 Å². The van der Waals surface area contributed by atoms with Crippen molar-refractivity contribution in [2.75, 3.05) is 19.3 Å². The molecule has 0 aromatic rings. The lowest BCUT2D eigenvalue weighted by Gasteiger charge is -2.37. The Morgan fingerprint density at radius 2 is 1.76 bits per heavy atom. The summed E-state index contributed by atoms with van der Waals surface area (Å²) >= 11 is 0. The van der Waals surface area contributed by atoms with Gasteiger partial charge in [-0.2, -0.15) is 0 Å². The summed E-state index contributed by atoms with van der Waals surface area (Å²) in [5.74, 6) is -0.122. The van der Waals surface area contributed by atoms with E-state index in [0.717, 1.165) is 12.8 Å². The molecule has 0 spiro atoms. The summed E-state index contributed by atoms with van der Waals surface area (Å²) in [6, 6.07) is 0.309. The lowest BCUT2D eigenvalue weighted by molar-refractivity contribution is -0.129. The molecule has 0 aromatic heterocycles. The number of rotatable bonds is 3. The predicted octanol–water partition coefficient (Wildman–Crippen LogP) is 0.327. The van der Waals surface area contributed by atoms with Gasteiger partial charge in [-0.05, 0) is 12.8 Å². The molecule has 1 amide bonds. The first-order valence-electron chi connectivity index (χ1n) is 6.22. The molecule has 1 aliphatic heterocycles. The topological polar surface area (TPSA) is 66.5 Å². The van der Waals surface area contributed by atoms with Gasteiger partial charge in [-0.3, -0.25) is 4.79 Å². The van der Waals surface area contributed by atoms with Gasteiger partial charge in [-0.15, -0.1) is 0 Å². The van der Waals surface area contributed by atoms with Gasteiger partial charge in [0, 0.05) is 19.1 Å². The van der Waals surface area contributed by atoms with Gasteiger partial charge in [0.25, 0.3) is 0 Å². The molecular formula is C11H20N2O3S. The van der Waals surface area contributed by atoms with Crippen LogP contribution in [0.25, 0.3) is 0 Å². The molecule has 2 rings (SSSR count). The Bertz CT molecular complexity index is 382. The molecule has 0 bridgehead atoms. The van der Waals surface area contributed by atoms with Crippen molar-refractivity contribution in [3.8, 4) is 0 Å². The van der Waals surface area contributed by atoms with Crippen LogP contribution in [0.1, 0.15) is 32.1 Å². The van der Waals surface area contributed by atoms with Crippen molar-refractivity contribution in [1.29, 1.82) is 0 Å². The smallest absolute Gasteiger partial charge is 0.225 e. The molecule has 98 valence electrons. The monoisotopic (exact) mass is 260 g/mol. The number of hydrogen-bond acceptors (Lipinski definition) is 3. The molecule has 6 heteroatoms. The molecule has 1 saturated carbocycles. The minimum absolute atomic E-state index is 0.0248. The highest BCUT2D eigenvalue weighted by Gasteiger charge is 2.38. The summed E-state index contributed by atoms with van der Waals surface area (Å²) in [4.78, 5) is 11.8. The highest BCUT2D eigenvalue weighted by molar-refractivity contribution is 7.88. The van der Waals surface area contributed by atoms with Crippen LogP contribution in [0.3, 0.4) is 0 Å². The number of nitrogens with zero attached hydrogens (tertiary/aromatic N) is 1. The molecule has 1 aliphatic carbocycles. The first-order valence-corrected chi connectivity index (χ1v) is 8.07. The van der Waals surface area contributed by atoms with E-state index < -0.39 is 10.0 Å². The van der Waals surface area contributed by atoms with Crippen LogP contribution in [0.4, 0.5) is 0 Å². The van der Waals surface area contributed by atoms with Gasteiger partial charge in [-0.25, -0.2) is 12.7 Å². The van der Waals surface area contributed by atoms with Crippen LogP contribution in [0.2, 0.25) is 0 Å². The maximum absolute atomic E-state index is 11.8. The van der Waals surface area contributed by atoms with Gasteiger partial charge < -0.3 is 5.32 Å². The van der Waals surface area contributed by atoms with Gasteiger partial charge in [0.1, 0.15) is 0 Å². The van der Waals surface area contributed by atoms with E-state index in [1.54, 1.807) is 0 Å². The molecular weight excluding hydrogens is 240 g/mol. The van der Waals surface area contributed by atoms with E-state index in [-0.39, 0.29) is 11.8 Å². The van der Waals surface area contributed by atoms with Crippen LogP contribution in [0.15, 0.2) is 0 Å². The molecule has 17 heavy (non-hydrogen) atoms. The van der Waals surface area contributed by atoms with Gasteiger partial charge >= 0.3 is 0 Å². The normalized spacial score (nSPS) is 24.3. The summed E-state index contributed by atoms with van der Waals surface area (Å²) in [5.41, 5.74) is 0. The maximum atomic E-state index is 11.8. The molecule has 2 aliphatic rings. The van der Waals surface area contributed by atoms with Crippen molar-refractivity contribution < 1.29 is 13.2 Å². The third kappa shape index (κ3) is 3.19. The minimum atomic E-state index is -3.11. The summed E-state index contributed by atoms with van der Waals surface area (Å²) < 4.78 is 23.7. The molecule has 1 N–H and O–H groups in total. The zero-order chi connectivity index (χ0) is 12.5. The fourth-order valence-electron chi connectivity index (χ4n) is 2.44. The Morgan fingerprint density at radius 1 is 1.18 bits per heavy atom. The van der Waals surface area contributed by atoms with E-state index in [4.69, 9.17) is 0 Å². The third-order valence-electron chi connectivity index (χ3n) is 3.64. The van der Waals surface area contributed by atoms with E-state index in [2.05, 4.69) is 5.32 Å². The number of hydrogen-bond donors (Lipinski definition) is 1. The second-order valence-electron chi connectivity index (χ2n) is 5.12. The van der Waals surface area contributed by atoms with Crippen LogP contribution >= 0.6 is 0 Å². The highest BCUT2D eigenvalue weighted by Crippen LogP contribution is 2.21. The molecule has 0 atom stereocenters. The average molecular weight is 260 g/mol. The van der Waals surface area contributed by atoms with Crippen molar-refractivity contribution in [3.63, 3.8) is 0 Å². The maximum Gasteiger partial charge on any atom is 0.225 e. The predicted molar refractivity (Wildman–Crippen MR) is 64.9 cm³/mol. The molecule has 1 heterocycles. The second kappa shape index (κ2) is 4.94. The number of carbonyl (C=O) groups is 1. The van der Waals surface area contributed by atoms with Crippen LogP contribution < -0.4 is 5.32 Å². The van der Waals surface area contributed by atoms with E-state index in [1.807, 2.05) is 0 Å². The molecule has 1 saturated heterocycles. The third-order valence-corrected chi connectivity index (χ3v) is 4.88. The quantitative estimate of drug-likeness (QED) is 0.795. The Kier molecular flexibility index (Phi) is 3.73. The van der Waals surface area contributed by atoms with E-state index in [1.165, 1.54) is 29.8 Å². The Hall–Kier alpha value is -0.620. The van der Waals surface area contributed by atoms with Gasteiger partial charge in [0.05, 0.1) is 12.2 Å². The molecule has 5 nitrogen and oxygen atoms in total. The first kappa shape index (κ1) is 12.8. The number of carbonyl (C=O) groups excluding carboxylic acids is 1. The van der Waals surface area contributed by atoms with Crippen molar-refractivity contribution >= 4 is 15.9 Å². The Balaban J connectivity index is 1.75. The van der Waals surface area contributed by atoms with Crippen molar-refractivity contribution in [2.45, 2.75) is 38.1 Å². The molecule has 2 fully saturated rings. The number of sulfonamides is 1. The minimum Gasteiger partial charge on any atom is -0.353 e. The molecule has 0 aromatic carbocycles. The average Bonchev–Trinajstić information content (AvgIpc) is 2.14. The van der Waals surface area contributed by atoms with E-state index in [9.17, 15) is 13.2 Å². The fourth-order valence-corrected chi connectivity index (χ4v) is 3.34. The van der Waals surface area contributed by atoms with Gasteiger partial charge in [0.2, 0.25) is 15.9 Å². The van der Waals surface area contributed by atoms with Crippen molar-refractivity contribution in [1.82, 2.24) is 9.62 Å². The summed E-state index contributed by atoms with van der Waals surface area (Å²) in [5, 5.41) is 3.03. The van der Waals surface area contributed by atoms with Crippen molar-refractivity contribution in [3.05, 3.63) is 0 Å². The van der Waals surface area contributed by atoms with Crippen LogP contribution in [-0.2, 0) is 14.8 Å². The van der Waals surface area contributed by atoms with E-state index in [0.29, 0.717) is 19.1 Å². The standard InChI is InChI=1S/C11H20N2O3S/c1-17(15,16)13-7-9(8-13)11(14)12-10-5-3-2-4-6-10/h9-10H,2-8H2,1H3,(H,12,14). The largest absolute Gasteiger partial charge is 0.353 e.